The lowest BCUT2D eigenvalue weighted by Gasteiger charge is -2.32. The van der Waals surface area contributed by atoms with Crippen LogP contribution in [0.1, 0.15) is 28.8 Å². The van der Waals surface area contributed by atoms with Crippen LogP contribution in [0, 0.1) is 6.92 Å². The van der Waals surface area contributed by atoms with Crippen LogP contribution < -0.4 is 16.4 Å². The molecule has 0 saturated carbocycles. The lowest BCUT2D eigenvalue weighted by molar-refractivity contribution is 0.0962. The van der Waals surface area contributed by atoms with Gasteiger partial charge in [-0.3, -0.25) is 4.79 Å². The van der Waals surface area contributed by atoms with Gasteiger partial charge < -0.3 is 21.3 Å². The number of anilines is 1. The van der Waals surface area contributed by atoms with Gasteiger partial charge in [0.2, 0.25) is 0 Å². The van der Waals surface area contributed by atoms with Gasteiger partial charge in [0, 0.05) is 37.4 Å². The maximum Gasteiger partial charge on any atom is 0.314 e. The van der Waals surface area contributed by atoms with Crippen LogP contribution in [0.25, 0.3) is 0 Å². The number of nitrogens with two attached hydrogens (primary N) is 1. The SMILES string of the molecule is CNC(=O)c1cccc(NC2CCN(C(N)=O)CC2)c1C. The summed E-state index contributed by atoms with van der Waals surface area (Å²) in [5.41, 5.74) is 7.86. The fourth-order valence-corrected chi connectivity index (χ4v) is 2.64. The third-order valence-electron chi connectivity index (χ3n) is 3.97. The van der Waals surface area contributed by atoms with Gasteiger partial charge in [-0.25, -0.2) is 4.79 Å². The molecule has 6 nitrogen and oxygen atoms in total. The van der Waals surface area contributed by atoms with Crippen molar-refractivity contribution in [3.05, 3.63) is 29.3 Å². The molecular formula is C15H22N4O2. The zero-order valence-corrected chi connectivity index (χ0v) is 12.5. The van der Waals surface area contributed by atoms with Crippen LogP contribution >= 0.6 is 0 Å². The highest BCUT2D eigenvalue weighted by Gasteiger charge is 2.21. The second-order valence-corrected chi connectivity index (χ2v) is 5.30. The van der Waals surface area contributed by atoms with Crippen LogP contribution in [0.15, 0.2) is 18.2 Å². The highest BCUT2D eigenvalue weighted by atomic mass is 16.2. The Balaban J connectivity index is 2.04. The zero-order valence-electron chi connectivity index (χ0n) is 12.5. The molecule has 4 N–H and O–H groups in total. The van der Waals surface area contributed by atoms with Crippen molar-refractivity contribution in [2.75, 3.05) is 25.5 Å². The molecular weight excluding hydrogens is 268 g/mol. The number of hydrogen-bond donors (Lipinski definition) is 3. The fourth-order valence-electron chi connectivity index (χ4n) is 2.64. The van der Waals surface area contributed by atoms with Gasteiger partial charge in [-0.1, -0.05) is 6.07 Å². The molecule has 0 aromatic heterocycles. The van der Waals surface area contributed by atoms with Gasteiger partial charge in [-0.15, -0.1) is 0 Å². The summed E-state index contributed by atoms with van der Waals surface area (Å²) in [6.07, 6.45) is 1.71. The van der Waals surface area contributed by atoms with Crippen LogP contribution in [-0.2, 0) is 0 Å². The van der Waals surface area contributed by atoms with E-state index in [-0.39, 0.29) is 11.9 Å². The normalized spacial score (nSPS) is 15.6. The molecule has 0 atom stereocenters. The number of urea groups is 1. The minimum Gasteiger partial charge on any atom is -0.382 e. The van der Waals surface area contributed by atoms with Crippen molar-refractivity contribution in [1.29, 1.82) is 0 Å². The van der Waals surface area contributed by atoms with Gasteiger partial charge >= 0.3 is 6.03 Å². The van der Waals surface area contributed by atoms with Gasteiger partial charge in [0.05, 0.1) is 0 Å². The Kier molecular flexibility index (Phi) is 4.67. The van der Waals surface area contributed by atoms with Gasteiger partial charge in [0.1, 0.15) is 0 Å². The minimum atomic E-state index is -0.355. The van der Waals surface area contributed by atoms with Gasteiger partial charge in [0.25, 0.3) is 5.91 Å². The maximum atomic E-state index is 11.8. The molecule has 0 bridgehead atoms. The first-order valence-electron chi connectivity index (χ1n) is 7.15. The van der Waals surface area contributed by atoms with Crippen LogP contribution in [0.5, 0.6) is 0 Å². The van der Waals surface area contributed by atoms with E-state index in [0.29, 0.717) is 24.7 Å². The quantitative estimate of drug-likeness (QED) is 0.784. The van der Waals surface area contributed by atoms with E-state index >= 15 is 0 Å². The monoisotopic (exact) mass is 290 g/mol. The molecule has 0 radical (unpaired) electrons. The first-order valence-corrected chi connectivity index (χ1v) is 7.15. The summed E-state index contributed by atoms with van der Waals surface area (Å²) in [7, 11) is 1.63. The number of nitrogens with one attached hydrogen (secondary N) is 2. The summed E-state index contributed by atoms with van der Waals surface area (Å²) in [6.45, 7) is 3.27. The average Bonchev–Trinajstić information content (AvgIpc) is 2.49. The Hall–Kier alpha value is -2.24. The summed E-state index contributed by atoms with van der Waals surface area (Å²) in [5, 5.41) is 6.12. The number of primary amides is 1. The summed E-state index contributed by atoms with van der Waals surface area (Å²) >= 11 is 0. The van der Waals surface area contributed by atoms with Gasteiger partial charge in [-0.2, -0.15) is 0 Å². The van der Waals surface area contributed by atoms with E-state index in [1.54, 1.807) is 11.9 Å². The molecule has 1 heterocycles. The zero-order chi connectivity index (χ0) is 15.4. The molecule has 21 heavy (non-hydrogen) atoms. The van der Waals surface area contributed by atoms with Crippen molar-refractivity contribution in [3.8, 4) is 0 Å². The predicted octanol–water partition coefficient (Wildman–Crippen LogP) is 1.31. The molecule has 1 aromatic rings. The van der Waals surface area contributed by atoms with Crippen LogP contribution in [0.2, 0.25) is 0 Å². The van der Waals surface area contributed by atoms with E-state index in [4.69, 9.17) is 5.73 Å². The number of carbonyl (C=O) groups excluding carboxylic acids is 2. The fraction of sp³-hybridized carbons (Fsp3) is 0.467. The summed E-state index contributed by atoms with van der Waals surface area (Å²) in [4.78, 5) is 24.6. The molecule has 1 aliphatic heterocycles. The van der Waals surface area contributed by atoms with Gasteiger partial charge in [0.15, 0.2) is 0 Å². The lowest BCUT2D eigenvalue weighted by atomic mass is 10.0. The Labute approximate surface area is 124 Å². The number of benzene rings is 1. The van der Waals surface area contributed by atoms with E-state index < -0.39 is 0 Å². The highest BCUT2D eigenvalue weighted by molar-refractivity contribution is 5.96. The number of carbonyl (C=O) groups is 2. The number of rotatable bonds is 3. The van der Waals surface area contributed by atoms with Crippen molar-refractivity contribution in [2.24, 2.45) is 5.73 Å². The van der Waals surface area contributed by atoms with E-state index in [2.05, 4.69) is 10.6 Å². The molecule has 2 rings (SSSR count). The molecule has 0 spiro atoms. The third kappa shape index (κ3) is 3.45. The second kappa shape index (κ2) is 6.47. The smallest absolute Gasteiger partial charge is 0.314 e. The molecule has 1 saturated heterocycles. The summed E-state index contributed by atoms with van der Waals surface area (Å²) in [6, 6.07) is 5.60. The number of hydrogen-bond acceptors (Lipinski definition) is 3. The third-order valence-corrected chi connectivity index (χ3v) is 3.97. The first-order chi connectivity index (χ1) is 10.0. The van der Waals surface area contributed by atoms with Crippen molar-refractivity contribution in [2.45, 2.75) is 25.8 Å². The molecule has 114 valence electrons. The van der Waals surface area contributed by atoms with Crippen molar-refractivity contribution in [3.63, 3.8) is 0 Å². The molecule has 0 unspecified atom stereocenters. The Morgan fingerprint density at radius 3 is 2.52 bits per heavy atom. The maximum absolute atomic E-state index is 11.8. The Bertz CT molecular complexity index is 536. The van der Waals surface area contributed by atoms with Crippen LogP contribution in [0.4, 0.5) is 10.5 Å². The van der Waals surface area contributed by atoms with Crippen molar-refractivity contribution in [1.82, 2.24) is 10.2 Å². The molecule has 1 aliphatic rings. The highest BCUT2D eigenvalue weighted by Crippen LogP contribution is 2.22. The molecule has 0 aliphatic carbocycles. The summed E-state index contributed by atoms with van der Waals surface area (Å²) < 4.78 is 0. The Morgan fingerprint density at radius 1 is 1.29 bits per heavy atom. The largest absolute Gasteiger partial charge is 0.382 e. The molecule has 3 amide bonds. The number of likely N-dealkylation sites (tertiary alicyclic amines) is 1. The van der Waals surface area contributed by atoms with E-state index in [9.17, 15) is 9.59 Å². The average molecular weight is 290 g/mol. The van der Waals surface area contributed by atoms with E-state index in [1.807, 2.05) is 25.1 Å². The Morgan fingerprint density at radius 2 is 1.95 bits per heavy atom. The molecule has 6 heteroatoms. The summed E-state index contributed by atoms with van der Waals surface area (Å²) in [5.74, 6) is -0.0836. The molecule has 1 aromatic carbocycles. The predicted molar refractivity (Wildman–Crippen MR) is 82.4 cm³/mol. The van der Waals surface area contributed by atoms with Gasteiger partial charge in [-0.05, 0) is 37.5 Å². The number of nitrogens with zero attached hydrogens (tertiary/aromatic N) is 1. The van der Waals surface area contributed by atoms with E-state index in [0.717, 1.165) is 24.1 Å². The first kappa shape index (κ1) is 15.2. The number of amides is 3. The standard InChI is InChI=1S/C15H22N4O2/c1-10-12(14(20)17-2)4-3-5-13(10)18-11-6-8-19(9-7-11)15(16)21/h3-5,11,18H,6-9H2,1-2H3,(H2,16,21)(H,17,20). The van der Waals surface area contributed by atoms with Crippen LogP contribution in [-0.4, -0.2) is 43.0 Å². The van der Waals surface area contributed by atoms with Crippen molar-refractivity contribution >= 4 is 17.6 Å². The minimum absolute atomic E-state index is 0.0836. The molecule has 1 fully saturated rings. The van der Waals surface area contributed by atoms with Crippen LogP contribution in [0.3, 0.4) is 0 Å². The van der Waals surface area contributed by atoms with Crippen molar-refractivity contribution < 1.29 is 9.59 Å². The number of piperidine rings is 1. The second-order valence-electron chi connectivity index (χ2n) is 5.30. The topological polar surface area (TPSA) is 87.5 Å². The lowest BCUT2D eigenvalue weighted by Crippen LogP contribution is -2.44. The van der Waals surface area contributed by atoms with E-state index in [1.165, 1.54) is 0 Å².